The van der Waals surface area contributed by atoms with E-state index in [-0.39, 0.29) is 5.91 Å². The predicted octanol–water partition coefficient (Wildman–Crippen LogP) is 0.868. The fraction of sp³-hybridized carbons (Fsp3) is 0.500. The van der Waals surface area contributed by atoms with E-state index in [1.54, 1.807) is 12.4 Å². The van der Waals surface area contributed by atoms with E-state index in [0.717, 1.165) is 12.0 Å². The van der Waals surface area contributed by atoms with Crippen LogP contribution in [0.1, 0.15) is 25.8 Å². The van der Waals surface area contributed by atoms with Gasteiger partial charge in [-0.05, 0) is 31.9 Å². The number of pyridine rings is 1. The molecule has 0 aliphatic heterocycles. The van der Waals surface area contributed by atoms with Gasteiger partial charge in [0.05, 0.1) is 0 Å². The number of nitrogens with two attached hydrogens (primary N) is 1. The third-order valence-corrected chi connectivity index (χ3v) is 2.07. The van der Waals surface area contributed by atoms with Crippen LogP contribution in [0.15, 0.2) is 24.5 Å². The standard InChI is InChI=1S/C12H19N3O/c1-12(2,13)8-11(16)15-7-5-10-4-3-6-14-9-10/h3-4,6,9H,5,7-8,13H2,1-2H3,(H,15,16). The Hall–Kier alpha value is -1.42. The van der Waals surface area contributed by atoms with Crippen molar-refractivity contribution in [3.05, 3.63) is 30.1 Å². The second-order valence-corrected chi connectivity index (χ2v) is 4.63. The lowest BCUT2D eigenvalue weighted by Crippen LogP contribution is -2.39. The van der Waals surface area contributed by atoms with Crippen LogP contribution in [-0.4, -0.2) is 23.0 Å². The van der Waals surface area contributed by atoms with Gasteiger partial charge in [-0.3, -0.25) is 9.78 Å². The van der Waals surface area contributed by atoms with Crippen molar-refractivity contribution < 1.29 is 4.79 Å². The molecule has 1 rings (SSSR count). The Morgan fingerprint density at radius 1 is 1.56 bits per heavy atom. The SMILES string of the molecule is CC(C)(N)CC(=O)NCCc1cccnc1. The van der Waals surface area contributed by atoms with E-state index in [4.69, 9.17) is 5.73 Å². The largest absolute Gasteiger partial charge is 0.356 e. The maximum absolute atomic E-state index is 11.4. The number of carbonyl (C=O) groups is 1. The highest BCUT2D eigenvalue weighted by molar-refractivity contribution is 5.77. The van der Waals surface area contributed by atoms with Gasteiger partial charge in [0.25, 0.3) is 0 Å². The van der Waals surface area contributed by atoms with E-state index in [0.29, 0.717) is 13.0 Å². The van der Waals surface area contributed by atoms with Gasteiger partial charge in [0.15, 0.2) is 0 Å². The Morgan fingerprint density at radius 2 is 2.31 bits per heavy atom. The minimum absolute atomic E-state index is 0.00334. The molecule has 0 atom stereocenters. The number of rotatable bonds is 5. The fourth-order valence-corrected chi connectivity index (χ4v) is 1.37. The van der Waals surface area contributed by atoms with Crippen LogP contribution in [0, 0.1) is 0 Å². The van der Waals surface area contributed by atoms with Gasteiger partial charge in [0.1, 0.15) is 0 Å². The van der Waals surface area contributed by atoms with Gasteiger partial charge in [0, 0.05) is 30.9 Å². The Bertz CT molecular complexity index is 330. The molecular weight excluding hydrogens is 202 g/mol. The van der Waals surface area contributed by atoms with Crippen molar-refractivity contribution in [2.45, 2.75) is 32.2 Å². The first-order valence-corrected chi connectivity index (χ1v) is 5.42. The number of nitrogens with zero attached hydrogens (tertiary/aromatic N) is 1. The summed E-state index contributed by atoms with van der Waals surface area (Å²) in [5.41, 5.74) is 6.42. The molecule has 4 nitrogen and oxygen atoms in total. The topological polar surface area (TPSA) is 68.0 Å². The van der Waals surface area contributed by atoms with Crippen LogP contribution in [0.25, 0.3) is 0 Å². The Labute approximate surface area is 96.3 Å². The minimum atomic E-state index is -0.446. The average Bonchev–Trinajstić information content (AvgIpc) is 2.16. The van der Waals surface area contributed by atoms with Gasteiger partial charge >= 0.3 is 0 Å². The summed E-state index contributed by atoms with van der Waals surface area (Å²) in [6, 6.07) is 3.88. The van der Waals surface area contributed by atoms with E-state index in [1.807, 2.05) is 26.0 Å². The van der Waals surface area contributed by atoms with Crippen LogP contribution in [0.4, 0.5) is 0 Å². The van der Waals surface area contributed by atoms with Gasteiger partial charge in [-0.25, -0.2) is 0 Å². The number of hydrogen-bond acceptors (Lipinski definition) is 3. The van der Waals surface area contributed by atoms with Crippen LogP contribution in [-0.2, 0) is 11.2 Å². The average molecular weight is 221 g/mol. The van der Waals surface area contributed by atoms with Gasteiger partial charge < -0.3 is 11.1 Å². The Balaban J connectivity index is 2.24. The van der Waals surface area contributed by atoms with E-state index >= 15 is 0 Å². The molecule has 1 aromatic rings. The highest BCUT2D eigenvalue weighted by atomic mass is 16.1. The maximum Gasteiger partial charge on any atom is 0.221 e. The van der Waals surface area contributed by atoms with Gasteiger partial charge in [-0.15, -0.1) is 0 Å². The second-order valence-electron chi connectivity index (χ2n) is 4.63. The van der Waals surface area contributed by atoms with Crippen LogP contribution in [0.5, 0.6) is 0 Å². The van der Waals surface area contributed by atoms with Crippen LogP contribution >= 0.6 is 0 Å². The van der Waals surface area contributed by atoms with Crippen molar-refractivity contribution in [1.29, 1.82) is 0 Å². The number of amides is 1. The van der Waals surface area contributed by atoms with Crippen LogP contribution in [0.3, 0.4) is 0 Å². The molecule has 0 saturated carbocycles. The lowest BCUT2D eigenvalue weighted by molar-refractivity contribution is -0.121. The fourth-order valence-electron chi connectivity index (χ4n) is 1.37. The Morgan fingerprint density at radius 3 is 2.88 bits per heavy atom. The number of carbonyl (C=O) groups excluding carboxylic acids is 1. The lowest BCUT2D eigenvalue weighted by Gasteiger charge is -2.17. The number of aromatic nitrogens is 1. The zero-order valence-corrected chi connectivity index (χ0v) is 9.86. The van der Waals surface area contributed by atoms with Crippen molar-refractivity contribution >= 4 is 5.91 Å². The molecule has 0 fully saturated rings. The summed E-state index contributed by atoms with van der Waals surface area (Å²) in [7, 11) is 0. The van der Waals surface area contributed by atoms with Crippen molar-refractivity contribution in [3.8, 4) is 0 Å². The lowest BCUT2D eigenvalue weighted by atomic mass is 10.0. The first-order valence-electron chi connectivity index (χ1n) is 5.42. The minimum Gasteiger partial charge on any atom is -0.356 e. The molecule has 1 aromatic heterocycles. The molecule has 0 bridgehead atoms. The molecular formula is C12H19N3O. The first-order chi connectivity index (χ1) is 7.47. The summed E-state index contributed by atoms with van der Waals surface area (Å²) < 4.78 is 0. The number of nitrogens with one attached hydrogen (secondary N) is 1. The van der Waals surface area contributed by atoms with Crippen LogP contribution < -0.4 is 11.1 Å². The summed E-state index contributed by atoms with van der Waals surface area (Å²) in [6.45, 7) is 4.31. The highest BCUT2D eigenvalue weighted by Gasteiger charge is 2.15. The zero-order chi connectivity index (χ0) is 12.0. The van der Waals surface area contributed by atoms with Gasteiger partial charge in [-0.2, -0.15) is 0 Å². The monoisotopic (exact) mass is 221 g/mol. The van der Waals surface area contributed by atoms with E-state index in [2.05, 4.69) is 10.3 Å². The molecule has 0 radical (unpaired) electrons. The third-order valence-electron chi connectivity index (χ3n) is 2.07. The summed E-state index contributed by atoms with van der Waals surface area (Å²) >= 11 is 0. The molecule has 0 aliphatic carbocycles. The molecule has 4 heteroatoms. The van der Waals surface area contributed by atoms with E-state index in [1.165, 1.54) is 0 Å². The molecule has 1 heterocycles. The van der Waals surface area contributed by atoms with Crippen molar-refractivity contribution in [3.63, 3.8) is 0 Å². The summed E-state index contributed by atoms with van der Waals surface area (Å²) in [5.74, 6) is -0.00334. The summed E-state index contributed by atoms with van der Waals surface area (Å²) in [6.07, 6.45) is 4.68. The van der Waals surface area contributed by atoms with E-state index < -0.39 is 5.54 Å². The Kier molecular flexibility index (Phi) is 4.43. The van der Waals surface area contributed by atoms with Gasteiger partial charge in [0.2, 0.25) is 5.91 Å². The van der Waals surface area contributed by atoms with Crippen molar-refractivity contribution in [1.82, 2.24) is 10.3 Å². The maximum atomic E-state index is 11.4. The van der Waals surface area contributed by atoms with Crippen molar-refractivity contribution in [2.75, 3.05) is 6.54 Å². The summed E-state index contributed by atoms with van der Waals surface area (Å²) in [4.78, 5) is 15.5. The molecule has 88 valence electrons. The highest BCUT2D eigenvalue weighted by Crippen LogP contribution is 2.02. The molecule has 0 aliphatic rings. The van der Waals surface area contributed by atoms with Crippen LogP contribution in [0.2, 0.25) is 0 Å². The quantitative estimate of drug-likeness (QED) is 0.775. The predicted molar refractivity (Wildman–Crippen MR) is 63.8 cm³/mol. The normalized spacial score (nSPS) is 11.2. The van der Waals surface area contributed by atoms with Crippen molar-refractivity contribution in [2.24, 2.45) is 5.73 Å². The smallest absolute Gasteiger partial charge is 0.221 e. The molecule has 0 saturated heterocycles. The van der Waals surface area contributed by atoms with E-state index in [9.17, 15) is 4.79 Å². The molecule has 0 aromatic carbocycles. The zero-order valence-electron chi connectivity index (χ0n) is 9.86. The molecule has 1 amide bonds. The third kappa shape index (κ3) is 5.46. The number of hydrogen-bond donors (Lipinski definition) is 2. The summed E-state index contributed by atoms with van der Waals surface area (Å²) in [5, 5.41) is 2.84. The first kappa shape index (κ1) is 12.6. The molecule has 0 spiro atoms. The molecule has 0 unspecified atom stereocenters. The molecule has 3 N–H and O–H groups in total. The molecule has 16 heavy (non-hydrogen) atoms. The second kappa shape index (κ2) is 5.61. The van der Waals surface area contributed by atoms with Gasteiger partial charge in [-0.1, -0.05) is 6.07 Å².